The van der Waals surface area contributed by atoms with Crippen LogP contribution >= 0.6 is 0 Å². The molecule has 0 bridgehead atoms. The van der Waals surface area contributed by atoms with Crippen LogP contribution in [0.4, 0.5) is 4.39 Å². The third-order valence-electron chi connectivity index (χ3n) is 1.68. The monoisotopic (exact) mass is 208 g/mol. The summed E-state index contributed by atoms with van der Waals surface area (Å²) in [6.45, 7) is -0.236. The number of carboxylic acid groups (broad SMARTS) is 1. The minimum absolute atomic E-state index is 0.133. The SMILES string of the molecule is O=C(O)CC#Cc1ccc(CO)cc1F. The normalized spacial score (nSPS) is 9.20. The van der Waals surface area contributed by atoms with Crippen molar-refractivity contribution < 1.29 is 19.4 Å². The third-order valence-corrected chi connectivity index (χ3v) is 1.68. The maximum absolute atomic E-state index is 13.2. The minimum atomic E-state index is -1.05. The van der Waals surface area contributed by atoms with Crippen LogP contribution < -0.4 is 0 Å². The Hall–Kier alpha value is -1.86. The number of carboxylic acids is 1. The van der Waals surface area contributed by atoms with Crippen molar-refractivity contribution in [2.75, 3.05) is 0 Å². The Kier molecular flexibility index (Phi) is 3.83. The zero-order valence-electron chi connectivity index (χ0n) is 7.83. The summed E-state index contributed by atoms with van der Waals surface area (Å²) < 4.78 is 13.2. The van der Waals surface area contributed by atoms with Crippen LogP contribution in [0.3, 0.4) is 0 Å². The third kappa shape index (κ3) is 3.41. The van der Waals surface area contributed by atoms with Gasteiger partial charge in [-0.25, -0.2) is 4.39 Å². The molecule has 2 N–H and O–H groups in total. The van der Waals surface area contributed by atoms with Crippen molar-refractivity contribution in [3.8, 4) is 11.8 Å². The van der Waals surface area contributed by atoms with Gasteiger partial charge in [-0.1, -0.05) is 17.9 Å². The molecule has 0 saturated carbocycles. The number of hydrogen-bond donors (Lipinski definition) is 2. The van der Waals surface area contributed by atoms with Gasteiger partial charge in [-0.2, -0.15) is 0 Å². The van der Waals surface area contributed by atoms with E-state index in [1.165, 1.54) is 18.2 Å². The van der Waals surface area contributed by atoms with Crippen LogP contribution in [0.2, 0.25) is 0 Å². The molecule has 3 nitrogen and oxygen atoms in total. The smallest absolute Gasteiger partial charge is 0.315 e. The predicted molar refractivity (Wildman–Crippen MR) is 51.5 cm³/mol. The molecule has 0 aromatic heterocycles. The average Bonchev–Trinajstić information content (AvgIpc) is 2.20. The van der Waals surface area contributed by atoms with Gasteiger partial charge in [0, 0.05) is 0 Å². The minimum Gasteiger partial charge on any atom is -0.481 e. The molecule has 15 heavy (non-hydrogen) atoms. The Labute approximate surface area is 86.2 Å². The standard InChI is InChI=1S/C11H9FO3/c12-10-6-8(7-13)4-5-9(10)2-1-3-11(14)15/h4-6,13H,3,7H2,(H,14,15). The Balaban J connectivity index is 2.85. The van der Waals surface area contributed by atoms with Crippen LogP contribution in [0.5, 0.6) is 0 Å². The van der Waals surface area contributed by atoms with Crippen molar-refractivity contribution in [1.29, 1.82) is 0 Å². The lowest BCUT2D eigenvalue weighted by Crippen LogP contribution is -1.91. The van der Waals surface area contributed by atoms with Gasteiger partial charge in [0.2, 0.25) is 0 Å². The topological polar surface area (TPSA) is 57.5 Å². The summed E-state index contributed by atoms with van der Waals surface area (Å²) in [5.41, 5.74) is 0.588. The fraction of sp³-hybridized carbons (Fsp3) is 0.182. The zero-order chi connectivity index (χ0) is 11.3. The van der Waals surface area contributed by atoms with Gasteiger partial charge in [0.15, 0.2) is 0 Å². The average molecular weight is 208 g/mol. The van der Waals surface area contributed by atoms with Crippen molar-refractivity contribution in [2.45, 2.75) is 13.0 Å². The summed E-state index contributed by atoms with van der Waals surface area (Å²) >= 11 is 0. The fourth-order valence-corrected chi connectivity index (χ4v) is 0.973. The molecule has 0 unspecified atom stereocenters. The molecule has 0 fully saturated rings. The van der Waals surface area contributed by atoms with Gasteiger partial charge in [0.1, 0.15) is 12.2 Å². The van der Waals surface area contributed by atoms with Crippen molar-refractivity contribution in [1.82, 2.24) is 0 Å². The highest BCUT2D eigenvalue weighted by molar-refractivity contribution is 5.70. The van der Waals surface area contributed by atoms with Crippen molar-refractivity contribution in [3.63, 3.8) is 0 Å². The van der Waals surface area contributed by atoms with Crippen LogP contribution in [-0.4, -0.2) is 16.2 Å². The molecule has 78 valence electrons. The van der Waals surface area contributed by atoms with Crippen LogP contribution in [0, 0.1) is 17.7 Å². The number of aliphatic carboxylic acids is 1. The number of carbonyl (C=O) groups is 1. The molecule has 0 radical (unpaired) electrons. The Morgan fingerprint density at radius 3 is 2.73 bits per heavy atom. The fourth-order valence-electron chi connectivity index (χ4n) is 0.973. The van der Waals surface area contributed by atoms with E-state index in [0.717, 1.165) is 0 Å². The van der Waals surface area contributed by atoms with Crippen LogP contribution in [0.1, 0.15) is 17.5 Å². The maximum Gasteiger partial charge on any atom is 0.315 e. The van der Waals surface area contributed by atoms with Crippen LogP contribution in [-0.2, 0) is 11.4 Å². The molecule has 1 rings (SSSR count). The largest absolute Gasteiger partial charge is 0.481 e. The predicted octanol–water partition coefficient (Wildman–Crippen LogP) is 1.14. The summed E-state index contributed by atoms with van der Waals surface area (Å²) in [7, 11) is 0. The summed E-state index contributed by atoms with van der Waals surface area (Å²) in [4.78, 5) is 10.1. The molecule has 1 aromatic rings. The van der Waals surface area contributed by atoms with E-state index in [9.17, 15) is 9.18 Å². The molecule has 0 amide bonds. The molecule has 1 aromatic carbocycles. The van der Waals surface area contributed by atoms with Crippen LogP contribution in [0.15, 0.2) is 18.2 Å². The molecule has 0 heterocycles. The van der Waals surface area contributed by atoms with Crippen molar-refractivity contribution in [2.24, 2.45) is 0 Å². The van der Waals surface area contributed by atoms with Gasteiger partial charge >= 0.3 is 5.97 Å². The van der Waals surface area contributed by atoms with E-state index in [1.54, 1.807) is 0 Å². The molecule has 0 aliphatic rings. The van der Waals surface area contributed by atoms with E-state index in [4.69, 9.17) is 10.2 Å². The molecule has 0 aliphatic carbocycles. The molecular formula is C11H9FO3. The van der Waals surface area contributed by atoms with Gasteiger partial charge in [-0.3, -0.25) is 4.79 Å². The van der Waals surface area contributed by atoms with E-state index in [-0.39, 0.29) is 18.6 Å². The second-order valence-corrected chi connectivity index (χ2v) is 2.84. The quantitative estimate of drug-likeness (QED) is 0.716. The zero-order valence-corrected chi connectivity index (χ0v) is 7.83. The highest BCUT2D eigenvalue weighted by Crippen LogP contribution is 2.09. The van der Waals surface area contributed by atoms with Gasteiger partial charge in [-0.15, -0.1) is 0 Å². The first-order valence-corrected chi connectivity index (χ1v) is 4.23. The van der Waals surface area contributed by atoms with Crippen LogP contribution in [0.25, 0.3) is 0 Å². The lowest BCUT2D eigenvalue weighted by molar-refractivity contribution is -0.135. The summed E-state index contributed by atoms with van der Waals surface area (Å²) in [6, 6.07) is 4.12. The van der Waals surface area contributed by atoms with E-state index in [0.29, 0.717) is 5.56 Å². The van der Waals surface area contributed by atoms with Gasteiger partial charge in [-0.05, 0) is 17.7 Å². The second kappa shape index (κ2) is 5.13. The number of benzene rings is 1. The lowest BCUT2D eigenvalue weighted by Gasteiger charge is -1.97. The number of rotatable bonds is 2. The molecule has 0 aliphatic heterocycles. The Morgan fingerprint density at radius 2 is 2.20 bits per heavy atom. The highest BCUT2D eigenvalue weighted by Gasteiger charge is 2.00. The van der Waals surface area contributed by atoms with E-state index < -0.39 is 11.8 Å². The van der Waals surface area contributed by atoms with Gasteiger partial charge in [0.05, 0.1) is 12.2 Å². The summed E-state index contributed by atoms with van der Waals surface area (Å²) in [5.74, 6) is 3.13. The Morgan fingerprint density at radius 1 is 1.47 bits per heavy atom. The maximum atomic E-state index is 13.2. The van der Waals surface area contributed by atoms with Gasteiger partial charge in [0.25, 0.3) is 0 Å². The van der Waals surface area contributed by atoms with E-state index in [2.05, 4.69) is 11.8 Å². The molecule has 0 spiro atoms. The van der Waals surface area contributed by atoms with Crippen molar-refractivity contribution >= 4 is 5.97 Å². The van der Waals surface area contributed by atoms with Gasteiger partial charge < -0.3 is 10.2 Å². The molecule has 0 atom stereocenters. The summed E-state index contributed by atoms with van der Waals surface area (Å²) in [5, 5.41) is 17.0. The van der Waals surface area contributed by atoms with Crippen molar-refractivity contribution in [3.05, 3.63) is 35.1 Å². The number of aliphatic hydroxyl groups excluding tert-OH is 1. The number of aliphatic hydroxyl groups is 1. The first-order valence-electron chi connectivity index (χ1n) is 4.23. The molecular weight excluding hydrogens is 199 g/mol. The first-order chi connectivity index (χ1) is 7.13. The lowest BCUT2D eigenvalue weighted by atomic mass is 10.1. The van der Waals surface area contributed by atoms with E-state index in [1.807, 2.05) is 0 Å². The van der Waals surface area contributed by atoms with E-state index >= 15 is 0 Å². The molecule has 0 saturated heterocycles. The highest BCUT2D eigenvalue weighted by atomic mass is 19.1. The summed E-state index contributed by atoms with van der Waals surface area (Å²) in [6.07, 6.45) is -0.318. The Bertz CT molecular complexity index is 429. The number of hydrogen-bond acceptors (Lipinski definition) is 2. The second-order valence-electron chi connectivity index (χ2n) is 2.84. The molecule has 4 heteroatoms. The number of halogens is 1. The first kappa shape index (κ1) is 11.2.